The van der Waals surface area contributed by atoms with E-state index in [1.54, 1.807) is 18.2 Å². The van der Waals surface area contributed by atoms with Crippen molar-refractivity contribution in [2.75, 3.05) is 11.9 Å². The number of hydrogen-bond acceptors (Lipinski definition) is 6. The molecule has 1 aromatic carbocycles. The fourth-order valence-corrected chi connectivity index (χ4v) is 5.62. The molecule has 5 rings (SSSR count). The largest absolute Gasteiger partial charge is 0.507 e. The van der Waals surface area contributed by atoms with E-state index in [-0.39, 0.29) is 33.5 Å². The number of H-pyrrole nitrogens is 1. The topological polar surface area (TPSA) is 103 Å². The van der Waals surface area contributed by atoms with E-state index in [1.165, 1.54) is 37.2 Å². The Morgan fingerprint density at radius 1 is 1.09 bits per heavy atom. The van der Waals surface area contributed by atoms with Gasteiger partial charge in [-0.2, -0.15) is 0 Å². The molecule has 0 aliphatic carbocycles. The first-order valence-corrected chi connectivity index (χ1v) is 11.3. The van der Waals surface area contributed by atoms with E-state index in [0.29, 0.717) is 23.0 Å². The highest BCUT2D eigenvalue weighted by molar-refractivity contribution is 5.74. The van der Waals surface area contributed by atoms with Crippen LogP contribution in [-0.2, 0) is 0 Å². The van der Waals surface area contributed by atoms with Crippen LogP contribution in [0.4, 0.5) is 10.2 Å². The molecule has 4 N–H and O–H groups in total. The van der Waals surface area contributed by atoms with Crippen LogP contribution < -0.4 is 16.2 Å². The molecule has 2 aromatic heterocycles. The number of aromatic amines is 1. The molecule has 4 heterocycles. The molecule has 33 heavy (non-hydrogen) atoms. The minimum Gasteiger partial charge on any atom is -0.507 e. The van der Waals surface area contributed by atoms with Gasteiger partial charge >= 0.3 is 0 Å². The van der Waals surface area contributed by atoms with Gasteiger partial charge in [0.05, 0.1) is 5.69 Å². The molecule has 0 radical (unpaired) electrons. The van der Waals surface area contributed by atoms with Crippen molar-refractivity contribution in [1.29, 1.82) is 0 Å². The molecular formula is C25H28FN5O2. The van der Waals surface area contributed by atoms with E-state index in [9.17, 15) is 14.3 Å². The number of rotatable bonds is 5. The lowest BCUT2D eigenvalue weighted by Gasteiger charge is -2.42. The molecule has 2 unspecified atom stereocenters. The van der Waals surface area contributed by atoms with Crippen LogP contribution >= 0.6 is 0 Å². The van der Waals surface area contributed by atoms with Crippen molar-refractivity contribution in [3.8, 4) is 28.1 Å². The molecule has 2 aliphatic heterocycles. The first-order valence-electron chi connectivity index (χ1n) is 11.3. The number of phenolic OH excluding ortho intramolecular Hbond substituents is 1. The average Bonchev–Trinajstić information content (AvgIpc) is 3.01. The van der Waals surface area contributed by atoms with Crippen LogP contribution in [0.1, 0.15) is 39.5 Å². The number of benzene rings is 1. The Bertz CT molecular complexity index is 1230. The van der Waals surface area contributed by atoms with Crippen molar-refractivity contribution in [3.05, 3.63) is 58.8 Å². The Labute approximate surface area is 191 Å². The Morgan fingerprint density at radius 2 is 1.85 bits per heavy atom. The molecule has 2 fully saturated rings. The van der Waals surface area contributed by atoms with Crippen LogP contribution in [0.25, 0.3) is 22.4 Å². The lowest BCUT2D eigenvalue weighted by molar-refractivity contribution is 0.178. The number of fused-ring (bicyclic) bond motifs is 2. The Kier molecular flexibility index (Phi) is 5.20. The van der Waals surface area contributed by atoms with Crippen molar-refractivity contribution >= 4 is 5.82 Å². The van der Waals surface area contributed by atoms with Gasteiger partial charge in [-0.15, -0.1) is 10.2 Å². The number of aromatic hydroxyl groups is 1. The Hall–Kier alpha value is -3.26. The fraction of sp³-hybridized carbons (Fsp3) is 0.400. The third-order valence-electron chi connectivity index (χ3n) is 6.99. The minimum atomic E-state index is -0.556. The van der Waals surface area contributed by atoms with Gasteiger partial charge in [-0.05, 0) is 81.3 Å². The van der Waals surface area contributed by atoms with Gasteiger partial charge in [0, 0.05) is 41.0 Å². The second-order valence-electron chi connectivity index (χ2n) is 10.00. The quantitative estimate of drug-likeness (QED) is 0.468. The molecule has 2 aliphatic rings. The van der Waals surface area contributed by atoms with Crippen LogP contribution in [0, 0.1) is 11.7 Å². The lowest BCUT2D eigenvalue weighted by atomic mass is 9.80. The summed E-state index contributed by atoms with van der Waals surface area (Å²) in [6, 6.07) is 8.89. The van der Waals surface area contributed by atoms with Crippen LogP contribution in [0.3, 0.4) is 0 Å². The summed E-state index contributed by atoms with van der Waals surface area (Å²) in [6.45, 7) is 5.45. The number of hydrogen-bond donors (Lipinski definition) is 4. The number of piperidine rings is 1. The van der Waals surface area contributed by atoms with Crippen molar-refractivity contribution in [2.45, 2.75) is 50.6 Å². The molecule has 172 valence electrons. The van der Waals surface area contributed by atoms with E-state index < -0.39 is 5.82 Å². The smallest absolute Gasteiger partial charge is 0.248 e. The third kappa shape index (κ3) is 4.35. The number of phenols is 1. The van der Waals surface area contributed by atoms with Gasteiger partial charge < -0.3 is 20.7 Å². The van der Waals surface area contributed by atoms with E-state index in [2.05, 4.69) is 39.7 Å². The molecule has 3 aromatic rings. The SMILES string of the molecule is CC12CCC(C)(CC(CNc3ccc(-c4cc(F)c(-c5cc[nH]c(=O)c5)cc4O)nn3)C1)N2. The molecular weight excluding hydrogens is 421 g/mol. The summed E-state index contributed by atoms with van der Waals surface area (Å²) in [5.41, 5.74) is 1.24. The van der Waals surface area contributed by atoms with Crippen molar-refractivity contribution in [2.24, 2.45) is 5.92 Å². The number of anilines is 1. The van der Waals surface area contributed by atoms with E-state index in [4.69, 9.17) is 0 Å². The number of pyridine rings is 1. The molecule has 2 saturated heterocycles. The van der Waals surface area contributed by atoms with Crippen LogP contribution in [0.2, 0.25) is 0 Å². The molecule has 0 spiro atoms. The minimum absolute atomic E-state index is 0.131. The van der Waals surface area contributed by atoms with Gasteiger partial charge in [-0.25, -0.2) is 4.39 Å². The molecule has 7 nitrogen and oxygen atoms in total. The van der Waals surface area contributed by atoms with Crippen molar-refractivity contribution in [3.63, 3.8) is 0 Å². The van der Waals surface area contributed by atoms with Gasteiger partial charge in [0.1, 0.15) is 17.4 Å². The zero-order valence-corrected chi connectivity index (χ0v) is 18.8. The third-order valence-corrected chi connectivity index (χ3v) is 6.99. The second kappa shape index (κ2) is 7.95. The van der Waals surface area contributed by atoms with Gasteiger partial charge in [-0.3, -0.25) is 4.79 Å². The first-order chi connectivity index (χ1) is 15.7. The number of aromatic nitrogens is 3. The summed E-state index contributed by atoms with van der Waals surface area (Å²) in [7, 11) is 0. The van der Waals surface area contributed by atoms with Gasteiger partial charge in [0.2, 0.25) is 5.56 Å². The predicted molar refractivity (Wildman–Crippen MR) is 126 cm³/mol. The summed E-state index contributed by atoms with van der Waals surface area (Å²) >= 11 is 0. The molecule has 2 bridgehead atoms. The zero-order valence-electron chi connectivity index (χ0n) is 18.8. The average molecular weight is 450 g/mol. The second-order valence-corrected chi connectivity index (χ2v) is 10.00. The van der Waals surface area contributed by atoms with E-state index in [1.807, 2.05) is 0 Å². The van der Waals surface area contributed by atoms with Gasteiger partial charge in [0.15, 0.2) is 0 Å². The fourth-order valence-electron chi connectivity index (χ4n) is 5.62. The summed E-state index contributed by atoms with van der Waals surface area (Å²) < 4.78 is 14.8. The molecule has 2 atom stereocenters. The highest BCUT2D eigenvalue weighted by atomic mass is 19.1. The van der Waals surface area contributed by atoms with Gasteiger partial charge in [-0.1, -0.05) is 0 Å². The standard InChI is InChI=1S/C25H28FN5O2/c1-24-6-7-25(2,31-24)13-15(12-24)14-28-22-4-3-20(29-30-22)18-10-19(26)17(11-21(18)32)16-5-8-27-23(33)9-16/h3-5,8-11,15,31-32H,6-7,12-14H2,1-2H3,(H,27,33)(H,28,30). The summed E-state index contributed by atoms with van der Waals surface area (Å²) in [5.74, 6) is 0.523. The zero-order chi connectivity index (χ0) is 23.2. The molecule has 0 saturated carbocycles. The van der Waals surface area contributed by atoms with E-state index in [0.717, 1.165) is 19.4 Å². The van der Waals surface area contributed by atoms with Crippen LogP contribution in [0.5, 0.6) is 5.75 Å². The van der Waals surface area contributed by atoms with Crippen LogP contribution in [-0.4, -0.2) is 37.9 Å². The van der Waals surface area contributed by atoms with Crippen molar-refractivity contribution < 1.29 is 9.50 Å². The summed E-state index contributed by atoms with van der Waals surface area (Å²) in [5, 5.41) is 26.1. The summed E-state index contributed by atoms with van der Waals surface area (Å²) in [6.07, 6.45) is 6.14. The lowest BCUT2D eigenvalue weighted by Crippen LogP contribution is -2.54. The van der Waals surface area contributed by atoms with E-state index >= 15 is 0 Å². The number of halogens is 1. The maximum absolute atomic E-state index is 14.8. The normalized spacial score (nSPS) is 26.3. The maximum Gasteiger partial charge on any atom is 0.248 e. The first kappa shape index (κ1) is 21.6. The maximum atomic E-state index is 14.8. The highest BCUT2D eigenvalue weighted by Crippen LogP contribution is 2.44. The molecule has 8 heteroatoms. The van der Waals surface area contributed by atoms with Crippen LogP contribution in [0.15, 0.2) is 47.4 Å². The number of nitrogens with one attached hydrogen (secondary N) is 3. The predicted octanol–water partition coefficient (Wildman–Crippen LogP) is 4.07. The van der Waals surface area contributed by atoms with Crippen molar-refractivity contribution in [1.82, 2.24) is 20.5 Å². The number of nitrogens with zero attached hydrogens (tertiary/aromatic N) is 2. The monoisotopic (exact) mass is 449 g/mol. The Balaban J connectivity index is 1.30. The Morgan fingerprint density at radius 3 is 2.52 bits per heavy atom. The van der Waals surface area contributed by atoms with Gasteiger partial charge in [0.25, 0.3) is 0 Å². The highest BCUT2D eigenvalue weighted by Gasteiger charge is 2.48. The summed E-state index contributed by atoms with van der Waals surface area (Å²) in [4.78, 5) is 14.0. The molecule has 0 amide bonds.